The average Bonchev–Trinajstić information content (AvgIpc) is 2.85. The fraction of sp³-hybridized carbons (Fsp3) is 0.269. The number of allylic oxidation sites excluding steroid dienone is 2. The third kappa shape index (κ3) is 6.47. The molecule has 0 saturated carbocycles. The summed E-state index contributed by atoms with van der Waals surface area (Å²) in [4.78, 5) is 25.2. The van der Waals surface area contributed by atoms with Gasteiger partial charge >= 0.3 is 5.97 Å². The van der Waals surface area contributed by atoms with Crippen LogP contribution in [-0.2, 0) is 19.1 Å². The first-order valence-electron chi connectivity index (χ1n) is 11.3. The summed E-state index contributed by atoms with van der Waals surface area (Å²) >= 11 is 11.9. The topological polar surface area (TPSA) is 133 Å². The second-order valence-corrected chi connectivity index (χ2v) is 8.53. The van der Waals surface area contributed by atoms with E-state index in [2.05, 4.69) is 5.32 Å². The standard InChI is InChI=1S/C26H25Cl2N3O6/c1-4-34-21-10-15(24-17(12-29)25(30)37-14(3)23(24)26(33)35-5-2)6-9-20(21)36-13-22(32)31-16-7-8-18(27)19(28)11-16/h6-11,24H,4-5,13,30H2,1-3H3,(H,31,32). The Morgan fingerprint density at radius 1 is 1.08 bits per heavy atom. The molecule has 0 aliphatic carbocycles. The van der Waals surface area contributed by atoms with Gasteiger partial charge in [0, 0.05) is 5.69 Å². The van der Waals surface area contributed by atoms with Crippen molar-refractivity contribution >= 4 is 40.8 Å². The molecular weight excluding hydrogens is 521 g/mol. The summed E-state index contributed by atoms with van der Waals surface area (Å²) in [7, 11) is 0. The van der Waals surface area contributed by atoms with Crippen molar-refractivity contribution in [1.29, 1.82) is 5.26 Å². The lowest BCUT2D eigenvalue weighted by molar-refractivity contribution is -0.139. The summed E-state index contributed by atoms with van der Waals surface area (Å²) in [5.74, 6) is -1.17. The molecule has 2 aromatic carbocycles. The SMILES string of the molecule is CCOC(=O)C1=C(C)OC(N)=C(C#N)C1c1ccc(OCC(=O)Nc2ccc(Cl)c(Cl)c2)c(OCC)c1. The van der Waals surface area contributed by atoms with E-state index in [-0.39, 0.29) is 41.8 Å². The minimum absolute atomic E-state index is 0.0609. The maximum Gasteiger partial charge on any atom is 0.338 e. The Balaban J connectivity index is 1.88. The van der Waals surface area contributed by atoms with Gasteiger partial charge in [0.25, 0.3) is 5.91 Å². The van der Waals surface area contributed by atoms with Crippen LogP contribution in [0, 0.1) is 11.3 Å². The van der Waals surface area contributed by atoms with Crippen molar-refractivity contribution in [3.05, 3.63) is 74.8 Å². The van der Waals surface area contributed by atoms with Crippen molar-refractivity contribution in [3.63, 3.8) is 0 Å². The highest BCUT2D eigenvalue weighted by atomic mass is 35.5. The van der Waals surface area contributed by atoms with E-state index in [1.807, 2.05) is 6.07 Å². The average molecular weight is 546 g/mol. The Morgan fingerprint density at radius 2 is 1.84 bits per heavy atom. The normalized spacial score (nSPS) is 15.0. The van der Waals surface area contributed by atoms with Gasteiger partial charge in [-0.05, 0) is 56.7 Å². The van der Waals surface area contributed by atoms with Crippen molar-refractivity contribution in [1.82, 2.24) is 0 Å². The smallest absolute Gasteiger partial charge is 0.338 e. The predicted octanol–water partition coefficient (Wildman–Crippen LogP) is 5.05. The van der Waals surface area contributed by atoms with Crippen LogP contribution in [0.1, 0.15) is 32.3 Å². The van der Waals surface area contributed by atoms with Gasteiger partial charge in [-0.3, -0.25) is 4.79 Å². The van der Waals surface area contributed by atoms with E-state index >= 15 is 0 Å². The number of esters is 1. The van der Waals surface area contributed by atoms with Gasteiger partial charge in [0.05, 0.1) is 34.8 Å². The molecule has 1 unspecified atom stereocenters. The molecule has 0 bridgehead atoms. The van der Waals surface area contributed by atoms with E-state index in [0.717, 1.165) is 0 Å². The minimum atomic E-state index is -0.844. The van der Waals surface area contributed by atoms with Crippen LogP contribution in [0.3, 0.4) is 0 Å². The summed E-state index contributed by atoms with van der Waals surface area (Å²) in [5, 5.41) is 13.1. The summed E-state index contributed by atoms with van der Waals surface area (Å²) in [6, 6.07) is 11.6. The molecule has 1 atom stereocenters. The Kier molecular flexibility index (Phi) is 9.28. The molecule has 0 saturated heterocycles. The quantitative estimate of drug-likeness (QED) is 0.418. The van der Waals surface area contributed by atoms with Crippen LogP contribution in [0.4, 0.5) is 5.69 Å². The first-order chi connectivity index (χ1) is 17.7. The van der Waals surface area contributed by atoms with Crippen molar-refractivity contribution in [2.24, 2.45) is 5.73 Å². The zero-order valence-corrected chi connectivity index (χ0v) is 21.9. The van der Waals surface area contributed by atoms with Crippen LogP contribution in [0.5, 0.6) is 11.5 Å². The molecule has 2 aromatic rings. The predicted molar refractivity (Wildman–Crippen MR) is 138 cm³/mol. The van der Waals surface area contributed by atoms with Crippen LogP contribution in [0.2, 0.25) is 10.0 Å². The van der Waals surface area contributed by atoms with Crippen LogP contribution in [0.25, 0.3) is 0 Å². The monoisotopic (exact) mass is 545 g/mol. The highest BCUT2D eigenvalue weighted by Crippen LogP contribution is 2.42. The lowest BCUT2D eigenvalue weighted by Crippen LogP contribution is -2.25. The number of carbonyl (C=O) groups is 2. The van der Waals surface area contributed by atoms with E-state index in [4.69, 9.17) is 47.9 Å². The zero-order valence-electron chi connectivity index (χ0n) is 20.4. The number of hydrogen-bond donors (Lipinski definition) is 2. The second-order valence-electron chi connectivity index (χ2n) is 7.72. The van der Waals surface area contributed by atoms with Crippen LogP contribution in [-0.4, -0.2) is 31.7 Å². The summed E-state index contributed by atoms with van der Waals surface area (Å²) in [6.45, 7) is 5.16. The largest absolute Gasteiger partial charge is 0.490 e. The summed E-state index contributed by atoms with van der Waals surface area (Å²) < 4.78 is 22.1. The molecule has 3 N–H and O–H groups in total. The van der Waals surface area contributed by atoms with Gasteiger partial charge in [0.2, 0.25) is 5.88 Å². The second kappa shape index (κ2) is 12.4. The number of carbonyl (C=O) groups excluding carboxylic acids is 2. The van der Waals surface area contributed by atoms with Gasteiger partial charge in [0.1, 0.15) is 17.4 Å². The van der Waals surface area contributed by atoms with E-state index in [1.54, 1.807) is 51.1 Å². The zero-order chi connectivity index (χ0) is 27.1. The van der Waals surface area contributed by atoms with Crippen molar-refractivity contribution < 1.29 is 28.5 Å². The Labute approximate surface area is 224 Å². The first kappa shape index (κ1) is 27.7. The van der Waals surface area contributed by atoms with Gasteiger partial charge < -0.3 is 30.0 Å². The first-order valence-corrected chi connectivity index (χ1v) is 12.1. The van der Waals surface area contributed by atoms with E-state index in [1.165, 1.54) is 6.07 Å². The number of amides is 1. The fourth-order valence-corrected chi connectivity index (χ4v) is 3.99. The van der Waals surface area contributed by atoms with Crippen LogP contribution < -0.4 is 20.5 Å². The number of benzene rings is 2. The maximum absolute atomic E-state index is 12.8. The van der Waals surface area contributed by atoms with E-state index in [0.29, 0.717) is 33.7 Å². The molecule has 0 spiro atoms. The number of nitriles is 1. The molecule has 194 valence electrons. The number of nitrogens with two attached hydrogens (primary N) is 1. The molecule has 1 amide bonds. The van der Waals surface area contributed by atoms with Gasteiger partial charge in [0.15, 0.2) is 18.1 Å². The van der Waals surface area contributed by atoms with Crippen molar-refractivity contribution in [2.45, 2.75) is 26.7 Å². The molecule has 1 aliphatic heterocycles. The molecule has 0 fully saturated rings. The third-order valence-electron chi connectivity index (χ3n) is 5.26. The molecular formula is C26H25Cl2N3O6. The van der Waals surface area contributed by atoms with E-state index in [9.17, 15) is 14.9 Å². The molecule has 1 heterocycles. The Hall–Kier alpha value is -3.87. The van der Waals surface area contributed by atoms with Crippen LogP contribution in [0.15, 0.2) is 59.2 Å². The van der Waals surface area contributed by atoms with Gasteiger partial charge in [-0.25, -0.2) is 4.79 Å². The van der Waals surface area contributed by atoms with Gasteiger partial charge in [-0.1, -0.05) is 29.3 Å². The van der Waals surface area contributed by atoms with Crippen molar-refractivity contribution in [2.75, 3.05) is 25.1 Å². The number of nitrogens with zero attached hydrogens (tertiary/aromatic N) is 1. The van der Waals surface area contributed by atoms with Gasteiger partial charge in [-0.15, -0.1) is 0 Å². The van der Waals surface area contributed by atoms with Gasteiger partial charge in [-0.2, -0.15) is 5.26 Å². The highest BCUT2D eigenvalue weighted by Gasteiger charge is 2.36. The maximum atomic E-state index is 12.8. The number of ether oxygens (including phenoxy) is 4. The lowest BCUT2D eigenvalue weighted by Gasteiger charge is -2.27. The summed E-state index contributed by atoms with van der Waals surface area (Å²) in [6.07, 6.45) is 0. The summed E-state index contributed by atoms with van der Waals surface area (Å²) in [5.41, 5.74) is 7.18. The third-order valence-corrected chi connectivity index (χ3v) is 6.00. The number of hydrogen-bond acceptors (Lipinski definition) is 8. The fourth-order valence-electron chi connectivity index (χ4n) is 3.69. The van der Waals surface area contributed by atoms with Crippen LogP contribution >= 0.6 is 23.2 Å². The number of anilines is 1. The van der Waals surface area contributed by atoms with Crippen molar-refractivity contribution in [3.8, 4) is 17.6 Å². The Bertz CT molecular complexity index is 1320. The number of rotatable bonds is 9. The Morgan fingerprint density at radius 3 is 2.49 bits per heavy atom. The molecule has 37 heavy (non-hydrogen) atoms. The van der Waals surface area contributed by atoms with E-state index < -0.39 is 17.8 Å². The minimum Gasteiger partial charge on any atom is -0.490 e. The number of halogens is 2. The molecule has 0 radical (unpaired) electrons. The molecule has 1 aliphatic rings. The lowest BCUT2D eigenvalue weighted by atomic mass is 9.83. The molecule has 9 nitrogen and oxygen atoms in total. The molecule has 11 heteroatoms. The molecule has 0 aromatic heterocycles. The number of nitrogens with one attached hydrogen (secondary N) is 1. The molecule has 3 rings (SSSR count). The highest BCUT2D eigenvalue weighted by molar-refractivity contribution is 6.42.